The molecule has 0 radical (unpaired) electrons. The zero-order valence-corrected chi connectivity index (χ0v) is 36.5. The number of H-pyrrole nitrogens is 2. The summed E-state index contributed by atoms with van der Waals surface area (Å²) in [5, 5.41) is 4.66. The minimum Gasteiger partial charge on any atom is -0.494 e. The fourth-order valence-corrected chi connectivity index (χ4v) is 8.16. The number of nitrogens with one attached hydrogen (secondary N) is 4. The molecule has 0 saturated carbocycles. The van der Waals surface area contributed by atoms with Crippen LogP contribution >= 0.6 is 0 Å². The molecule has 0 spiro atoms. The number of aromatic nitrogens is 4. The summed E-state index contributed by atoms with van der Waals surface area (Å²) in [5.41, 5.74) is 4.02. The number of carbonyl (C=O) groups is 4. The molecular weight excluding hydrogens is 829 g/mol. The Kier molecular flexibility index (Phi) is 13.1. The van der Waals surface area contributed by atoms with E-state index >= 15 is 0 Å². The fourth-order valence-electron chi connectivity index (χ4n) is 7.61. The molecule has 2 saturated heterocycles. The molecule has 330 valence electrons. The number of rotatable bonds is 11. The van der Waals surface area contributed by atoms with Crippen LogP contribution in [0, 0.1) is 0 Å². The van der Waals surface area contributed by atoms with E-state index in [-0.39, 0.29) is 30.5 Å². The van der Waals surface area contributed by atoms with Crippen molar-refractivity contribution in [2.45, 2.75) is 19.9 Å². The lowest BCUT2D eigenvalue weighted by molar-refractivity contribution is -0.127. The molecule has 0 bridgehead atoms. The molecule has 0 atom stereocenters. The van der Waals surface area contributed by atoms with Gasteiger partial charge in [-0.3, -0.25) is 23.9 Å². The van der Waals surface area contributed by atoms with E-state index in [1.165, 1.54) is 31.5 Å². The number of carbonyl (C=O) groups excluding carboxylic acids is 4. The summed E-state index contributed by atoms with van der Waals surface area (Å²) in [7, 11) is -0.423. The average molecular weight is 879 g/mol. The van der Waals surface area contributed by atoms with Crippen molar-refractivity contribution in [2.75, 3.05) is 87.8 Å². The molecule has 4 N–H and O–H groups in total. The predicted octanol–water partition coefficient (Wildman–Crippen LogP) is 4.46. The monoisotopic (exact) mass is 878 g/mol. The lowest BCUT2D eigenvalue weighted by Gasteiger charge is -2.36. The molecule has 2 aromatic carbocycles. The first-order valence-electron chi connectivity index (χ1n) is 20.4. The van der Waals surface area contributed by atoms with Crippen molar-refractivity contribution in [2.24, 2.45) is 0 Å². The molecule has 4 aromatic heterocycles. The van der Waals surface area contributed by atoms with E-state index in [1.807, 2.05) is 35.2 Å². The number of Topliss-reactive ketones (excluding diaryl/α,β-unsaturated/α-hetero) is 1. The third-order valence-electron chi connectivity index (χ3n) is 10.6. The molecule has 3 amide bonds. The third-order valence-corrected chi connectivity index (χ3v) is 11.2. The molecular formula is C44H50N10O8S. The van der Waals surface area contributed by atoms with Gasteiger partial charge in [-0.1, -0.05) is 18.2 Å². The predicted molar refractivity (Wildman–Crippen MR) is 240 cm³/mol. The number of methoxy groups -OCH3 is 2. The number of anilines is 3. The smallest absolute Gasteiger partial charge is 0.295 e. The van der Waals surface area contributed by atoms with Gasteiger partial charge in [-0.15, -0.1) is 0 Å². The SMILES string of the molecule is CC(C)Nc1cccnc1N1CCN(C(=O)c2cc3cc(NS(C)(=O)=O)ccc3[nH]2)CC1.COc1ncc(OC)c2c(C(=O)C(=O)N3CCN(C(=O)c4ccccc4)CC3)c[nH]c12. The Morgan fingerprint density at radius 1 is 0.794 bits per heavy atom. The summed E-state index contributed by atoms with van der Waals surface area (Å²) in [4.78, 5) is 73.6. The van der Waals surface area contributed by atoms with Crippen LogP contribution in [0.4, 0.5) is 17.2 Å². The van der Waals surface area contributed by atoms with E-state index in [9.17, 15) is 27.6 Å². The second kappa shape index (κ2) is 18.9. The number of piperazine rings is 2. The highest BCUT2D eigenvalue weighted by molar-refractivity contribution is 7.92. The Morgan fingerprint density at radius 2 is 1.48 bits per heavy atom. The van der Waals surface area contributed by atoms with Crippen molar-refractivity contribution >= 4 is 72.5 Å². The zero-order chi connectivity index (χ0) is 44.8. The van der Waals surface area contributed by atoms with Crippen LogP contribution in [0.15, 0.2) is 85.3 Å². The highest BCUT2D eigenvalue weighted by atomic mass is 32.2. The van der Waals surface area contributed by atoms with Gasteiger partial charge >= 0.3 is 0 Å². The normalized spacial score (nSPS) is 14.3. The summed E-state index contributed by atoms with van der Waals surface area (Å²) in [6.45, 7) is 8.04. The van der Waals surface area contributed by atoms with Crippen molar-refractivity contribution in [3.63, 3.8) is 0 Å². The van der Waals surface area contributed by atoms with Crippen LogP contribution in [-0.2, 0) is 14.8 Å². The van der Waals surface area contributed by atoms with Gasteiger partial charge in [-0.2, -0.15) is 0 Å². The van der Waals surface area contributed by atoms with Crippen LogP contribution in [0.1, 0.15) is 45.1 Å². The maximum atomic E-state index is 13.1. The van der Waals surface area contributed by atoms with E-state index < -0.39 is 21.7 Å². The number of ketones is 1. The molecule has 2 aliphatic rings. The van der Waals surface area contributed by atoms with Gasteiger partial charge in [0.25, 0.3) is 23.5 Å². The van der Waals surface area contributed by atoms with Gasteiger partial charge in [0.15, 0.2) is 5.82 Å². The molecule has 18 nitrogen and oxygen atoms in total. The van der Waals surface area contributed by atoms with E-state index in [0.29, 0.717) is 84.8 Å². The lowest BCUT2D eigenvalue weighted by Crippen LogP contribution is -2.52. The molecule has 6 heterocycles. The third kappa shape index (κ3) is 9.99. The van der Waals surface area contributed by atoms with E-state index in [1.54, 1.807) is 47.5 Å². The van der Waals surface area contributed by atoms with Crippen LogP contribution in [-0.4, -0.2) is 145 Å². The number of nitrogens with zero attached hydrogens (tertiary/aromatic N) is 6. The Labute approximate surface area is 364 Å². The second-order valence-corrected chi connectivity index (χ2v) is 17.1. The van der Waals surface area contributed by atoms with Crippen molar-refractivity contribution in [1.29, 1.82) is 0 Å². The number of aromatic amines is 2. The maximum absolute atomic E-state index is 13.1. The molecule has 63 heavy (non-hydrogen) atoms. The Balaban J connectivity index is 0.000000189. The van der Waals surface area contributed by atoms with Gasteiger partial charge in [-0.05, 0) is 62.4 Å². The van der Waals surface area contributed by atoms with Crippen LogP contribution in [0.3, 0.4) is 0 Å². The van der Waals surface area contributed by atoms with Gasteiger partial charge in [0.2, 0.25) is 15.9 Å². The van der Waals surface area contributed by atoms with Gasteiger partial charge in [0.05, 0.1) is 43.3 Å². The highest BCUT2D eigenvalue weighted by Crippen LogP contribution is 2.34. The lowest BCUT2D eigenvalue weighted by atomic mass is 10.1. The second-order valence-electron chi connectivity index (χ2n) is 15.4. The van der Waals surface area contributed by atoms with Crippen LogP contribution in [0.25, 0.3) is 21.8 Å². The number of pyridine rings is 2. The summed E-state index contributed by atoms with van der Waals surface area (Å²) >= 11 is 0. The highest BCUT2D eigenvalue weighted by Gasteiger charge is 2.32. The fraction of sp³-hybridized carbons (Fsp3) is 0.318. The number of hydrogen-bond donors (Lipinski definition) is 4. The summed E-state index contributed by atoms with van der Waals surface area (Å²) in [6.07, 6.45) is 5.81. The van der Waals surface area contributed by atoms with Gasteiger partial charge in [-0.25, -0.2) is 18.4 Å². The van der Waals surface area contributed by atoms with Crippen LogP contribution < -0.4 is 24.4 Å². The first-order chi connectivity index (χ1) is 30.2. The van der Waals surface area contributed by atoms with Crippen molar-refractivity contribution < 1.29 is 37.1 Å². The average Bonchev–Trinajstić information content (AvgIpc) is 3.93. The van der Waals surface area contributed by atoms with Crippen molar-refractivity contribution in [3.8, 4) is 11.6 Å². The first kappa shape index (κ1) is 43.9. The summed E-state index contributed by atoms with van der Waals surface area (Å²) in [5.74, 6) is 0.151. The molecule has 6 aromatic rings. The topological polar surface area (TPSA) is 215 Å². The van der Waals surface area contributed by atoms with E-state index in [2.05, 4.69) is 48.7 Å². The minimum absolute atomic E-state index is 0.0694. The Hall–Kier alpha value is -7.15. The molecule has 2 fully saturated rings. The standard InChI is InChI=1S/C22H28N6O3S.C22H22N4O5/c1-15(2)24-19-5-4-8-23-21(19)27-9-11-28(12-10-27)22(29)20-14-16-13-17(26-32(3,30)31)6-7-18(16)25-20;1-30-16-13-24-20(31-2)18-17(16)15(12-23-18)19(27)22(29)26-10-8-25(9-11-26)21(28)14-6-4-3-5-7-14/h4-8,13-15,24-26H,9-12H2,1-3H3;3-7,12-13,23H,8-11H2,1-2H3. The van der Waals surface area contributed by atoms with Crippen LogP contribution in [0.2, 0.25) is 0 Å². The number of benzene rings is 2. The number of amides is 3. The first-order valence-corrected chi connectivity index (χ1v) is 22.3. The van der Waals surface area contributed by atoms with Gasteiger partial charge < -0.3 is 44.4 Å². The molecule has 0 unspecified atom stereocenters. The quantitative estimate of drug-likeness (QED) is 0.105. The minimum atomic E-state index is -3.36. The molecule has 0 aliphatic carbocycles. The van der Waals surface area contributed by atoms with E-state index in [4.69, 9.17) is 9.47 Å². The Bertz CT molecular complexity index is 2740. The van der Waals surface area contributed by atoms with Gasteiger partial charge in [0, 0.05) is 92.9 Å². The zero-order valence-electron chi connectivity index (χ0n) is 35.7. The number of hydrogen-bond acceptors (Lipinski definition) is 12. The summed E-state index contributed by atoms with van der Waals surface area (Å²) < 4.78 is 35.9. The summed E-state index contributed by atoms with van der Waals surface area (Å²) in [6, 6.07) is 20.2. The van der Waals surface area contributed by atoms with Crippen LogP contribution in [0.5, 0.6) is 11.6 Å². The molecule has 8 rings (SSSR count). The maximum Gasteiger partial charge on any atom is 0.295 e. The largest absolute Gasteiger partial charge is 0.494 e. The number of ether oxygens (including phenoxy) is 2. The van der Waals surface area contributed by atoms with Crippen molar-refractivity contribution in [3.05, 3.63) is 102 Å². The molecule has 2 aliphatic heterocycles. The van der Waals surface area contributed by atoms with Crippen molar-refractivity contribution in [1.82, 2.24) is 34.6 Å². The van der Waals surface area contributed by atoms with Gasteiger partial charge in [0.1, 0.15) is 17.0 Å². The number of sulfonamides is 1. The van der Waals surface area contributed by atoms with E-state index in [0.717, 1.165) is 28.7 Å². The number of fused-ring (bicyclic) bond motifs is 2. The molecule has 19 heteroatoms. The Morgan fingerprint density at radius 3 is 2.14 bits per heavy atom.